The molecule has 0 fully saturated rings. The highest BCUT2D eigenvalue weighted by atomic mass is 19.1. The standard InChI is InChI=1S/C58H83FO6/c1-9-15-19-22-26-41-29-44(36-54(60)61)33-47(31-41)53(28-21-17-11-3)46(24-14-6)37-49-38-48(39-50(56(49)59)40-55(62)63)52(27-18-12-4)45(23-13-5)32-43-30-42(25-20-16-10-2)34-51(35-43)58(7,8)57(64)65/h22,26,28-31,33-35,38-39,45-46,52H,9-21,23-25,27,32,36-37,40H2,1-8H3,(H,60,61)(H,62,63)(H,64,65)/b26-22+,53-28?. The molecule has 0 saturated heterocycles. The van der Waals surface area contributed by atoms with Crippen molar-refractivity contribution in [2.75, 3.05) is 0 Å². The SMILES string of the molecule is CCCCC=C(c1cc(/C=C/CCCC)cc(CC(=O)O)c1)C(CCC)Cc1cc(C(CCCC)C(CCC)Cc2cc(CCCCC)cc(C(C)(C)C(=O)O)c2)cc(CC(=O)O)c1F. The van der Waals surface area contributed by atoms with E-state index in [0.29, 0.717) is 12.0 Å². The molecule has 0 heterocycles. The van der Waals surface area contributed by atoms with Crippen molar-refractivity contribution in [2.24, 2.45) is 11.8 Å². The van der Waals surface area contributed by atoms with Crippen LogP contribution in [-0.4, -0.2) is 33.2 Å². The summed E-state index contributed by atoms with van der Waals surface area (Å²) >= 11 is 0. The van der Waals surface area contributed by atoms with Gasteiger partial charge in [0.1, 0.15) is 5.82 Å². The zero-order valence-corrected chi connectivity index (χ0v) is 41.4. The molecule has 3 aromatic carbocycles. The highest BCUT2D eigenvalue weighted by molar-refractivity contribution is 5.80. The molecule has 358 valence electrons. The van der Waals surface area contributed by atoms with Gasteiger partial charge in [0, 0.05) is 0 Å². The van der Waals surface area contributed by atoms with Gasteiger partial charge in [-0.15, -0.1) is 0 Å². The van der Waals surface area contributed by atoms with Gasteiger partial charge in [-0.3, -0.25) is 14.4 Å². The summed E-state index contributed by atoms with van der Waals surface area (Å²) in [4.78, 5) is 37.0. The Bertz CT molecular complexity index is 2020. The van der Waals surface area contributed by atoms with Crippen LogP contribution in [0.1, 0.15) is 214 Å². The molecule has 65 heavy (non-hydrogen) atoms. The maximum absolute atomic E-state index is 17.1. The van der Waals surface area contributed by atoms with Crippen molar-refractivity contribution in [2.45, 2.75) is 202 Å². The number of unbranched alkanes of at least 4 members (excludes halogenated alkanes) is 7. The van der Waals surface area contributed by atoms with Gasteiger partial charge in [0.25, 0.3) is 0 Å². The lowest BCUT2D eigenvalue weighted by atomic mass is 9.74. The minimum atomic E-state index is -1.07. The van der Waals surface area contributed by atoms with Crippen molar-refractivity contribution in [3.63, 3.8) is 0 Å². The number of aryl methyl sites for hydroxylation is 1. The molecule has 0 radical (unpaired) electrons. The first-order valence-electron chi connectivity index (χ1n) is 25.2. The summed E-state index contributed by atoms with van der Waals surface area (Å²) in [7, 11) is 0. The monoisotopic (exact) mass is 895 g/mol. The number of carboxylic acids is 3. The fraction of sp³-hybridized carbons (Fsp3) is 0.569. The number of hydrogen-bond donors (Lipinski definition) is 3. The summed E-state index contributed by atoms with van der Waals surface area (Å²) in [6.45, 7) is 16.6. The smallest absolute Gasteiger partial charge is 0.313 e. The highest BCUT2D eigenvalue weighted by Gasteiger charge is 2.32. The Hall–Kier alpha value is -4.52. The van der Waals surface area contributed by atoms with E-state index in [-0.39, 0.29) is 29.7 Å². The van der Waals surface area contributed by atoms with Crippen LogP contribution in [-0.2, 0) is 51.9 Å². The molecule has 6 nitrogen and oxygen atoms in total. The summed E-state index contributed by atoms with van der Waals surface area (Å²) < 4.78 is 17.1. The second-order valence-electron chi connectivity index (χ2n) is 19.2. The maximum atomic E-state index is 17.1. The molecule has 3 rings (SSSR count). The molecular weight excluding hydrogens is 812 g/mol. The number of halogens is 1. The molecular formula is C58H83FO6. The van der Waals surface area contributed by atoms with E-state index in [0.717, 1.165) is 160 Å². The molecule has 0 aliphatic rings. The van der Waals surface area contributed by atoms with E-state index in [2.05, 4.69) is 84.0 Å². The second-order valence-corrected chi connectivity index (χ2v) is 19.2. The van der Waals surface area contributed by atoms with Crippen LogP contribution in [0, 0.1) is 17.7 Å². The first kappa shape index (κ1) is 54.8. The quantitative estimate of drug-likeness (QED) is 0.0538. The molecule has 0 saturated carbocycles. The van der Waals surface area contributed by atoms with Crippen molar-refractivity contribution in [3.05, 3.63) is 117 Å². The van der Waals surface area contributed by atoms with Gasteiger partial charge in [0.05, 0.1) is 18.3 Å². The van der Waals surface area contributed by atoms with Gasteiger partial charge in [-0.2, -0.15) is 0 Å². The third kappa shape index (κ3) is 17.7. The average molecular weight is 895 g/mol. The van der Waals surface area contributed by atoms with Crippen LogP contribution in [0.3, 0.4) is 0 Å². The van der Waals surface area contributed by atoms with E-state index in [1.165, 1.54) is 0 Å². The van der Waals surface area contributed by atoms with Crippen LogP contribution < -0.4 is 0 Å². The second kappa shape index (κ2) is 28.5. The van der Waals surface area contributed by atoms with Crippen molar-refractivity contribution in [1.82, 2.24) is 0 Å². The van der Waals surface area contributed by atoms with Crippen LogP contribution in [0.2, 0.25) is 0 Å². The Morgan fingerprint density at radius 3 is 1.91 bits per heavy atom. The number of rotatable bonds is 32. The van der Waals surface area contributed by atoms with E-state index in [4.69, 9.17) is 0 Å². The van der Waals surface area contributed by atoms with Gasteiger partial charge in [-0.05, 0) is 151 Å². The molecule has 0 aliphatic carbocycles. The lowest BCUT2D eigenvalue weighted by Gasteiger charge is -2.30. The van der Waals surface area contributed by atoms with Crippen molar-refractivity contribution >= 4 is 29.6 Å². The number of aliphatic carboxylic acids is 3. The fourth-order valence-electron chi connectivity index (χ4n) is 9.50. The van der Waals surface area contributed by atoms with Gasteiger partial charge in [0.15, 0.2) is 0 Å². The predicted molar refractivity (Wildman–Crippen MR) is 268 cm³/mol. The minimum Gasteiger partial charge on any atom is -0.481 e. The van der Waals surface area contributed by atoms with Crippen LogP contribution in [0.25, 0.3) is 11.6 Å². The number of carboxylic acid groups (broad SMARTS) is 3. The molecule has 3 aromatic rings. The van der Waals surface area contributed by atoms with Crippen LogP contribution in [0.15, 0.2) is 60.7 Å². The predicted octanol–water partition coefficient (Wildman–Crippen LogP) is 15.5. The van der Waals surface area contributed by atoms with Crippen molar-refractivity contribution in [3.8, 4) is 0 Å². The Balaban J connectivity index is 2.28. The molecule has 3 unspecified atom stereocenters. The highest BCUT2D eigenvalue weighted by Crippen LogP contribution is 2.40. The molecule has 0 aromatic heterocycles. The van der Waals surface area contributed by atoms with E-state index in [1.54, 1.807) is 13.8 Å². The van der Waals surface area contributed by atoms with Crippen molar-refractivity contribution < 1.29 is 34.1 Å². The summed E-state index contributed by atoms with van der Waals surface area (Å²) in [6.07, 6.45) is 23.5. The summed E-state index contributed by atoms with van der Waals surface area (Å²) in [5.74, 6) is -3.18. The summed E-state index contributed by atoms with van der Waals surface area (Å²) in [5, 5.41) is 30.3. The molecule has 3 N–H and O–H groups in total. The number of benzene rings is 3. The Morgan fingerprint density at radius 2 is 1.28 bits per heavy atom. The number of allylic oxidation sites excluding steroid dienone is 3. The van der Waals surface area contributed by atoms with Crippen LogP contribution in [0.4, 0.5) is 4.39 Å². The molecule has 0 amide bonds. The third-order valence-corrected chi connectivity index (χ3v) is 13.2. The number of carbonyl (C=O) groups is 3. The number of hydrogen-bond acceptors (Lipinski definition) is 3. The van der Waals surface area contributed by atoms with Crippen molar-refractivity contribution in [1.29, 1.82) is 0 Å². The van der Waals surface area contributed by atoms with E-state index in [1.807, 2.05) is 24.3 Å². The first-order valence-corrected chi connectivity index (χ1v) is 25.2. The normalized spacial score (nSPS) is 13.6. The molecule has 3 atom stereocenters. The molecule has 0 spiro atoms. The van der Waals surface area contributed by atoms with Crippen LogP contribution >= 0.6 is 0 Å². The first-order chi connectivity index (χ1) is 31.1. The maximum Gasteiger partial charge on any atom is 0.313 e. The molecule has 0 aliphatic heterocycles. The summed E-state index contributed by atoms with van der Waals surface area (Å²) in [5.41, 5.74) is 7.46. The minimum absolute atomic E-state index is 0.0282. The Morgan fingerprint density at radius 1 is 0.631 bits per heavy atom. The lowest BCUT2D eigenvalue weighted by Crippen LogP contribution is -2.29. The fourth-order valence-corrected chi connectivity index (χ4v) is 9.50. The molecule has 0 bridgehead atoms. The van der Waals surface area contributed by atoms with E-state index < -0.39 is 35.6 Å². The van der Waals surface area contributed by atoms with Gasteiger partial charge in [0.2, 0.25) is 0 Å². The van der Waals surface area contributed by atoms with Gasteiger partial charge < -0.3 is 15.3 Å². The molecule has 7 heteroatoms. The largest absolute Gasteiger partial charge is 0.481 e. The lowest BCUT2D eigenvalue weighted by molar-refractivity contribution is -0.142. The zero-order valence-electron chi connectivity index (χ0n) is 41.4. The van der Waals surface area contributed by atoms with E-state index in [9.17, 15) is 29.7 Å². The topological polar surface area (TPSA) is 112 Å². The van der Waals surface area contributed by atoms with E-state index >= 15 is 4.39 Å². The summed E-state index contributed by atoms with van der Waals surface area (Å²) in [6, 6.07) is 16.4. The van der Waals surface area contributed by atoms with Crippen LogP contribution in [0.5, 0.6) is 0 Å². The van der Waals surface area contributed by atoms with Gasteiger partial charge >= 0.3 is 17.9 Å². The third-order valence-electron chi connectivity index (χ3n) is 13.2. The van der Waals surface area contributed by atoms with Gasteiger partial charge in [-0.1, -0.05) is 166 Å². The zero-order chi connectivity index (χ0) is 47.9. The Kier molecular flexibility index (Phi) is 24.0. The Labute approximate surface area is 392 Å². The van der Waals surface area contributed by atoms with Gasteiger partial charge in [-0.25, -0.2) is 4.39 Å². The average Bonchev–Trinajstić information content (AvgIpc) is 3.25.